The Kier molecular flexibility index (Phi) is 8.01. The summed E-state index contributed by atoms with van der Waals surface area (Å²) in [5.41, 5.74) is -0.436. The summed E-state index contributed by atoms with van der Waals surface area (Å²) in [5, 5.41) is 6.66. The Bertz CT molecular complexity index is 396. The Morgan fingerprint density at radius 3 is 2.36 bits per heavy atom. The van der Waals surface area contributed by atoms with Crippen molar-refractivity contribution in [3.05, 3.63) is 0 Å². The van der Waals surface area contributed by atoms with Gasteiger partial charge in [0.25, 0.3) is 0 Å². The molecule has 2 saturated carbocycles. The molecule has 0 spiro atoms. The zero-order valence-electron chi connectivity index (χ0n) is 16.6. The molecule has 0 radical (unpaired) electrons. The van der Waals surface area contributed by atoms with Crippen molar-refractivity contribution < 1.29 is 14.3 Å². The molecular formula is C20H38N2O3. The van der Waals surface area contributed by atoms with Gasteiger partial charge < -0.3 is 20.1 Å². The number of nitrogens with one attached hydrogen (secondary N) is 2. The van der Waals surface area contributed by atoms with Crippen LogP contribution in [0.2, 0.25) is 0 Å². The Hall–Kier alpha value is -0.810. The van der Waals surface area contributed by atoms with Gasteiger partial charge in [-0.1, -0.05) is 6.92 Å². The van der Waals surface area contributed by atoms with Gasteiger partial charge in [0.05, 0.1) is 6.10 Å². The molecule has 1 unspecified atom stereocenters. The summed E-state index contributed by atoms with van der Waals surface area (Å²) < 4.78 is 11.3. The highest BCUT2D eigenvalue weighted by Crippen LogP contribution is 2.33. The van der Waals surface area contributed by atoms with E-state index >= 15 is 0 Å². The van der Waals surface area contributed by atoms with E-state index in [1.54, 1.807) is 0 Å². The number of ether oxygens (including phenoxy) is 2. The maximum absolute atomic E-state index is 11.8. The Labute approximate surface area is 153 Å². The van der Waals surface area contributed by atoms with E-state index in [4.69, 9.17) is 9.47 Å². The van der Waals surface area contributed by atoms with Gasteiger partial charge in [-0.2, -0.15) is 0 Å². The number of rotatable bonds is 9. The van der Waals surface area contributed by atoms with Crippen LogP contribution in [-0.2, 0) is 9.47 Å². The van der Waals surface area contributed by atoms with Gasteiger partial charge in [-0.3, -0.25) is 0 Å². The van der Waals surface area contributed by atoms with Crippen molar-refractivity contribution in [2.75, 3.05) is 13.2 Å². The standard InChI is InChI=1S/C20H38N2O3/c1-5-18(15-7-8-15)21-13-6-14-24-17-11-9-16(10-12-17)22-19(23)25-20(2,3)4/h15-18,21H,5-14H2,1-4H3,(H,22,23). The second-order valence-electron chi connectivity index (χ2n) is 8.65. The highest BCUT2D eigenvalue weighted by atomic mass is 16.6. The second-order valence-corrected chi connectivity index (χ2v) is 8.65. The molecule has 2 fully saturated rings. The molecule has 2 aliphatic carbocycles. The molecular weight excluding hydrogens is 316 g/mol. The van der Waals surface area contributed by atoms with E-state index in [0.717, 1.165) is 57.2 Å². The maximum Gasteiger partial charge on any atom is 0.407 e. The molecule has 0 saturated heterocycles. The lowest BCUT2D eigenvalue weighted by atomic mass is 9.93. The van der Waals surface area contributed by atoms with Crippen molar-refractivity contribution >= 4 is 6.09 Å². The number of carbonyl (C=O) groups is 1. The van der Waals surface area contributed by atoms with Gasteiger partial charge in [-0.25, -0.2) is 4.79 Å². The Morgan fingerprint density at radius 2 is 1.80 bits per heavy atom. The average molecular weight is 355 g/mol. The SMILES string of the molecule is CCC(NCCCOC1CCC(NC(=O)OC(C)(C)C)CC1)C1CC1. The van der Waals surface area contributed by atoms with Crippen LogP contribution in [0.3, 0.4) is 0 Å². The highest BCUT2D eigenvalue weighted by molar-refractivity contribution is 5.68. The number of hydrogen-bond acceptors (Lipinski definition) is 4. The predicted octanol–water partition coefficient (Wildman–Crippen LogP) is 4.01. The number of alkyl carbamates (subject to hydrolysis) is 1. The van der Waals surface area contributed by atoms with Gasteiger partial charge in [0, 0.05) is 18.7 Å². The molecule has 0 aliphatic heterocycles. The molecule has 0 aromatic carbocycles. The van der Waals surface area contributed by atoms with E-state index in [-0.39, 0.29) is 12.1 Å². The molecule has 0 aromatic rings. The fourth-order valence-electron chi connectivity index (χ4n) is 3.60. The number of hydrogen-bond donors (Lipinski definition) is 2. The zero-order valence-corrected chi connectivity index (χ0v) is 16.6. The smallest absolute Gasteiger partial charge is 0.407 e. The lowest BCUT2D eigenvalue weighted by Crippen LogP contribution is -2.42. The first-order valence-electron chi connectivity index (χ1n) is 10.2. The molecule has 146 valence electrons. The number of carbonyl (C=O) groups excluding carboxylic acids is 1. The Morgan fingerprint density at radius 1 is 1.12 bits per heavy atom. The summed E-state index contributed by atoms with van der Waals surface area (Å²) in [5.74, 6) is 0.929. The largest absolute Gasteiger partial charge is 0.444 e. The van der Waals surface area contributed by atoms with E-state index in [9.17, 15) is 4.79 Å². The van der Waals surface area contributed by atoms with E-state index in [1.165, 1.54) is 19.3 Å². The minimum absolute atomic E-state index is 0.222. The topological polar surface area (TPSA) is 59.6 Å². The van der Waals surface area contributed by atoms with Crippen LogP contribution < -0.4 is 10.6 Å². The molecule has 2 N–H and O–H groups in total. The van der Waals surface area contributed by atoms with Crippen LogP contribution in [0, 0.1) is 5.92 Å². The van der Waals surface area contributed by atoms with Crippen LogP contribution in [0.1, 0.15) is 79.1 Å². The van der Waals surface area contributed by atoms with Crippen molar-refractivity contribution in [1.82, 2.24) is 10.6 Å². The van der Waals surface area contributed by atoms with Gasteiger partial charge in [0.2, 0.25) is 0 Å². The summed E-state index contributed by atoms with van der Waals surface area (Å²) >= 11 is 0. The molecule has 2 rings (SSSR count). The van der Waals surface area contributed by atoms with Gasteiger partial charge in [0.1, 0.15) is 5.60 Å². The molecule has 0 heterocycles. The minimum atomic E-state index is -0.436. The van der Waals surface area contributed by atoms with E-state index in [2.05, 4.69) is 17.6 Å². The third kappa shape index (κ3) is 8.41. The molecule has 0 aromatic heterocycles. The van der Waals surface area contributed by atoms with E-state index < -0.39 is 5.60 Å². The molecule has 1 amide bonds. The predicted molar refractivity (Wildman–Crippen MR) is 101 cm³/mol. The minimum Gasteiger partial charge on any atom is -0.444 e. The van der Waals surface area contributed by atoms with Crippen LogP contribution >= 0.6 is 0 Å². The third-order valence-electron chi connectivity index (χ3n) is 5.11. The lowest BCUT2D eigenvalue weighted by molar-refractivity contribution is 0.0168. The van der Waals surface area contributed by atoms with Gasteiger partial charge in [-0.15, -0.1) is 0 Å². The molecule has 5 heteroatoms. The lowest BCUT2D eigenvalue weighted by Gasteiger charge is -2.30. The fourth-order valence-corrected chi connectivity index (χ4v) is 3.60. The van der Waals surface area contributed by atoms with Crippen molar-refractivity contribution in [2.24, 2.45) is 5.92 Å². The van der Waals surface area contributed by atoms with Crippen LogP contribution in [0.4, 0.5) is 4.79 Å². The molecule has 5 nitrogen and oxygen atoms in total. The summed E-state index contributed by atoms with van der Waals surface area (Å²) in [4.78, 5) is 11.8. The van der Waals surface area contributed by atoms with Gasteiger partial charge in [0.15, 0.2) is 0 Å². The van der Waals surface area contributed by atoms with Gasteiger partial charge >= 0.3 is 6.09 Å². The van der Waals surface area contributed by atoms with E-state index in [1.807, 2.05) is 20.8 Å². The summed E-state index contributed by atoms with van der Waals surface area (Å²) in [6.45, 7) is 9.84. The van der Waals surface area contributed by atoms with Gasteiger partial charge in [-0.05, 0) is 84.6 Å². The first-order chi connectivity index (χ1) is 11.9. The van der Waals surface area contributed by atoms with Crippen molar-refractivity contribution in [3.63, 3.8) is 0 Å². The monoisotopic (exact) mass is 354 g/mol. The first-order valence-corrected chi connectivity index (χ1v) is 10.2. The molecule has 2 aliphatic rings. The second kappa shape index (κ2) is 9.77. The average Bonchev–Trinajstić information content (AvgIpc) is 3.35. The summed E-state index contributed by atoms with van der Waals surface area (Å²) in [6.07, 6.45) is 9.17. The quantitative estimate of drug-likeness (QED) is 0.614. The third-order valence-corrected chi connectivity index (χ3v) is 5.11. The first kappa shape index (κ1) is 20.5. The number of amides is 1. The van der Waals surface area contributed by atoms with Crippen LogP contribution in [0.15, 0.2) is 0 Å². The maximum atomic E-state index is 11.8. The summed E-state index contributed by atoms with van der Waals surface area (Å²) in [7, 11) is 0. The fraction of sp³-hybridized carbons (Fsp3) is 0.950. The van der Waals surface area contributed by atoms with Crippen molar-refractivity contribution in [3.8, 4) is 0 Å². The normalized spacial score (nSPS) is 25.4. The molecule has 0 bridgehead atoms. The van der Waals surface area contributed by atoms with Crippen LogP contribution in [-0.4, -0.2) is 43.0 Å². The van der Waals surface area contributed by atoms with Crippen molar-refractivity contribution in [1.29, 1.82) is 0 Å². The molecule has 25 heavy (non-hydrogen) atoms. The highest BCUT2D eigenvalue weighted by Gasteiger charge is 2.29. The van der Waals surface area contributed by atoms with Crippen LogP contribution in [0.5, 0.6) is 0 Å². The zero-order chi connectivity index (χ0) is 18.3. The van der Waals surface area contributed by atoms with Crippen LogP contribution in [0.25, 0.3) is 0 Å². The molecule has 1 atom stereocenters. The van der Waals surface area contributed by atoms with E-state index in [0.29, 0.717) is 6.10 Å². The Balaban J connectivity index is 1.50. The summed E-state index contributed by atoms with van der Waals surface area (Å²) in [6, 6.07) is 0.939. The van der Waals surface area contributed by atoms with Crippen molar-refractivity contribution in [2.45, 2.75) is 103 Å².